The highest BCUT2D eigenvalue weighted by molar-refractivity contribution is 5.71. The van der Waals surface area contributed by atoms with Gasteiger partial charge in [-0.05, 0) is 85.0 Å². The maximum atomic E-state index is 13.4. The zero-order valence-corrected chi connectivity index (χ0v) is 19.7. The first-order chi connectivity index (χ1) is 16.7. The van der Waals surface area contributed by atoms with Crippen LogP contribution in [0.5, 0.6) is 5.75 Å². The summed E-state index contributed by atoms with van der Waals surface area (Å²) in [6.45, 7) is 2.37. The molecule has 190 valence electrons. The van der Waals surface area contributed by atoms with Crippen LogP contribution in [0, 0.1) is 11.8 Å². The molecule has 2 aliphatic rings. The second-order valence-electron chi connectivity index (χ2n) is 9.79. The van der Waals surface area contributed by atoms with Gasteiger partial charge in [0.25, 0.3) is 0 Å². The SMILES string of the molecule is C[C@H](C(=O)O)[C@H](c1cccc(O[C@H]2CCCN(Cc3cc(C(F)(F)F)ccc3CF)C2)c1)C1CC1. The molecule has 35 heavy (non-hydrogen) atoms. The molecular weight excluding hydrogens is 462 g/mol. The van der Waals surface area contributed by atoms with Gasteiger partial charge in [0.05, 0.1) is 11.5 Å². The van der Waals surface area contributed by atoms with E-state index in [1.54, 1.807) is 6.92 Å². The van der Waals surface area contributed by atoms with Gasteiger partial charge >= 0.3 is 12.1 Å². The fourth-order valence-electron chi connectivity index (χ4n) is 5.14. The molecule has 0 aromatic heterocycles. The van der Waals surface area contributed by atoms with E-state index in [0.29, 0.717) is 30.3 Å². The fourth-order valence-corrected chi connectivity index (χ4v) is 5.14. The van der Waals surface area contributed by atoms with Crippen molar-refractivity contribution in [1.29, 1.82) is 0 Å². The Bertz CT molecular complexity index is 1040. The third kappa shape index (κ3) is 6.34. The molecule has 2 fully saturated rings. The highest BCUT2D eigenvalue weighted by Gasteiger charge is 2.39. The van der Waals surface area contributed by atoms with Crippen LogP contribution >= 0.6 is 0 Å². The minimum Gasteiger partial charge on any atom is -0.489 e. The molecule has 1 aliphatic carbocycles. The first kappa shape index (κ1) is 25.5. The molecule has 0 bridgehead atoms. The molecule has 1 heterocycles. The second-order valence-corrected chi connectivity index (χ2v) is 9.79. The van der Waals surface area contributed by atoms with Crippen LogP contribution in [0.4, 0.5) is 17.6 Å². The van der Waals surface area contributed by atoms with Gasteiger partial charge in [-0.25, -0.2) is 4.39 Å². The van der Waals surface area contributed by atoms with Crippen LogP contribution in [-0.4, -0.2) is 35.2 Å². The summed E-state index contributed by atoms with van der Waals surface area (Å²) in [4.78, 5) is 13.6. The molecule has 0 spiro atoms. The molecule has 4 nitrogen and oxygen atoms in total. The quantitative estimate of drug-likeness (QED) is 0.409. The highest BCUT2D eigenvalue weighted by Crippen LogP contribution is 2.47. The molecule has 1 saturated carbocycles. The number of halogens is 4. The van der Waals surface area contributed by atoms with E-state index < -0.39 is 30.3 Å². The number of alkyl halides is 4. The van der Waals surface area contributed by atoms with Gasteiger partial charge in [-0.3, -0.25) is 9.69 Å². The van der Waals surface area contributed by atoms with Crippen molar-refractivity contribution in [1.82, 2.24) is 4.90 Å². The Balaban J connectivity index is 1.44. The summed E-state index contributed by atoms with van der Waals surface area (Å²) in [6.07, 6.45) is -0.956. The number of carboxylic acid groups (broad SMARTS) is 1. The van der Waals surface area contributed by atoms with Gasteiger partial charge in [0, 0.05) is 13.1 Å². The number of likely N-dealkylation sites (tertiary alicyclic amines) is 1. The van der Waals surface area contributed by atoms with Gasteiger partial charge in [0.15, 0.2) is 0 Å². The van der Waals surface area contributed by atoms with Crippen LogP contribution in [0.15, 0.2) is 42.5 Å². The van der Waals surface area contributed by atoms with Gasteiger partial charge in [0.1, 0.15) is 18.5 Å². The number of carbonyl (C=O) groups is 1. The first-order valence-electron chi connectivity index (χ1n) is 12.1. The van der Waals surface area contributed by atoms with E-state index in [4.69, 9.17) is 4.74 Å². The number of carboxylic acids is 1. The maximum absolute atomic E-state index is 13.4. The Morgan fingerprint density at radius 2 is 1.91 bits per heavy atom. The molecule has 0 amide bonds. The van der Waals surface area contributed by atoms with Crippen LogP contribution in [0.25, 0.3) is 0 Å². The summed E-state index contributed by atoms with van der Waals surface area (Å²) in [5, 5.41) is 9.55. The van der Waals surface area contributed by atoms with E-state index in [2.05, 4.69) is 0 Å². The molecule has 1 saturated heterocycles. The van der Waals surface area contributed by atoms with Crippen LogP contribution in [0.1, 0.15) is 60.8 Å². The lowest BCUT2D eigenvalue weighted by Gasteiger charge is -2.33. The minimum atomic E-state index is -4.47. The number of nitrogens with zero attached hydrogens (tertiary/aromatic N) is 1. The van der Waals surface area contributed by atoms with Gasteiger partial charge in [0.2, 0.25) is 0 Å². The number of rotatable bonds is 9. The summed E-state index contributed by atoms with van der Waals surface area (Å²) >= 11 is 0. The Kier molecular flexibility index (Phi) is 7.69. The van der Waals surface area contributed by atoms with E-state index in [9.17, 15) is 27.5 Å². The molecule has 2 aromatic carbocycles. The third-order valence-electron chi connectivity index (χ3n) is 7.14. The average Bonchev–Trinajstić information content (AvgIpc) is 3.64. The monoisotopic (exact) mass is 493 g/mol. The standard InChI is InChI=1S/C27H31F4NO3/c1-17(26(33)34)25(18-7-8-18)19-4-2-5-23(13-19)35-24-6-3-11-32(16-24)15-21-12-22(27(29,30)31)10-9-20(21)14-28/h2,4-5,9-10,12-13,17-18,24-25H,3,6-8,11,14-16H2,1H3,(H,33,34)/t17-,24-,25-/m0/s1. The summed E-state index contributed by atoms with van der Waals surface area (Å²) in [6, 6.07) is 10.8. The van der Waals surface area contributed by atoms with E-state index in [1.807, 2.05) is 29.2 Å². The van der Waals surface area contributed by atoms with E-state index >= 15 is 0 Å². The maximum Gasteiger partial charge on any atom is 0.416 e. The lowest BCUT2D eigenvalue weighted by atomic mass is 9.83. The van der Waals surface area contributed by atoms with Crippen molar-refractivity contribution < 1.29 is 32.2 Å². The molecule has 1 N–H and O–H groups in total. The lowest BCUT2D eigenvalue weighted by Crippen LogP contribution is -2.40. The lowest BCUT2D eigenvalue weighted by molar-refractivity contribution is -0.142. The zero-order chi connectivity index (χ0) is 25.2. The van der Waals surface area contributed by atoms with Crippen molar-refractivity contribution in [3.63, 3.8) is 0 Å². The number of piperidine rings is 1. The average molecular weight is 494 g/mol. The molecule has 3 atom stereocenters. The van der Waals surface area contributed by atoms with Crippen molar-refractivity contribution in [3.8, 4) is 5.75 Å². The fraction of sp³-hybridized carbons (Fsp3) is 0.519. The zero-order valence-electron chi connectivity index (χ0n) is 19.7. The Labute approximate surface area is 202 Å². The Morgan fingerprint density at radius 3 is 2.57 bits per heavy atom. The molecule has 0 radical (unpaired) electrons. The number of hydrogen-bond acceptors (Lipinski definition) is 3. The summed E-state index contributed by atoms with van der Waals surface area (Å²) in [5.74, 6) is -0.308. The van der Waals surface area contributed by atoms with Gasteiger partial charge < -0.3 is 9.84 Å². The summed E-state index contributed by atoms with van der Waals surface area (Å²) < 4.78 is 59.2. The predicted octanol–water partition coefficient (Wildman–Crippen LogP) is 6.43. The Morgan fingerprint density at radius 1 is 1.14 bits per heavy atom. The van der Waals surface area contributed by atoms with E-state index in [0.717, 1.165) is 43.4 Å². The van der Waals surface area contributed by atoms with E-state index in [1.165, 1.54) is 6.07 Å². The van der Waals surface area contributed by atoms with Crippen LogP contribution < -0.4 is 4.74 Å². The van der Waals surface area contributed by atoms with Gasteiger partial charge in [-0.2, -0.15) is 13.2 Å². The van der Waals surface area contributed by atoms with E-state index in [-0.39, 0.29) is 24.1 Å². The van der Waals surface area contributed by atoms with Gasteiger partial charge in [-0.15, -0.1) is 0 Å². The first-order valence-corrected chi connectivity index (χ1v) is 12.1. The molecule has 0 unspecified atom stereocenters. The van der Waals surface area contributed by atoms with Crippen molar-refractivity contribution in [2.24, 2.45) is 11.8 Å². The summed E-state index contributed by atoms with van der Waals surface area (Å²) in [7, 11) is 0. The van der Waals surface area contributed by atoms with Crippen molar-refractivity contribution in [2.45, 2.75) is 64.0 Å². The largest absolute Gasteiger partial charge is 0.489 e. The van der Waals surface area contributed by atoms with Crippen molar-refractivity contribution in [2.75, 3.05) is 13.1 Å². The number of benzene rings is 2. The molecule has 2 aromatic rings. The highest BCUT2D eigenvalue weighted by atomic mass is 19.4. The van der Waals surface area contributed by atoms with Crippen LogP contribution in [-0.2, 0) is 24.2 Å². The Hall–Kier alpha value is -2.61. The topological polar surface area (TPSA) is 49.8 Å². The van der Waals surface area contributed by atoms with Gasteiger partial charge in [-0.1, -0.05) is 25.1 Å². The number of ether oxygens (including phenoxy) is 1. The molecule has 4 rings (SSSR count). The van der Waals surface area contributed by atoms with Crippen LogP contribution in [0.3, 0.4) is 0 Å². The second kappa shape index (κ2) is 10.6. The van der Waals surface area contributed by atoms with Crippen LogP contribution in [0.2, 0.25) is 0 Å². The molecule has 8 heteroatoms. The van der Waals surface area contributed by atoms with Crippen molar-refractivity contribution in [3.05, 3.63) is 64.7 Å². The minimum absolute atomic E-state index is 0.0565. The molecular formula is C27H31F4NO3. The number of aliphatic carboxylic acids is 1. The normalized spacial score (nSPS) is 20.9. The molecule has 1 aliphatic heterocycles. The third-order valence-corrected chi connectivity index (χ3v) is 7.14. The predicted molar refractivity (Wildman–Crippen MR) is 124 cm³/mol. The number of hydrogen-bond donors (Lipinski definition) is 1. The smallest absolute Gasteiger partial charge is 0.416 e. The van der Waals surface area contributed by atoms with Crippen molar-refractivity contribution >= 4 is 5.97 Å². The summed E-state index contributed by atoms with van der Waals surface area (Å²) in [5.41, 5.74) is 0.809.